The van der Waals surface area contributed by atoms with Crippen LogP contribution in [0.4, 0.5) is 0 Å². The summed E-state index contributed by atoms with van der Waals surface area (Å²) < 4.78 is 28.0. The number of aryl methyl sites for hydroxylation is 1. The van der Waals surface area contributed by atoms with Crippen LogP contribution >= 0.6 is 15.9 Å². The van der Waals surface area contributed by atoms with E-state index in [0.29, 0.717) is 19.0 Å². The van der Waals surface area contributed by atoms with Crippen LogP contribution in [0.5, 0.6) is 0 Å². The van der Waals surface area contributed by atoms with Crippen molar-refractivity contribution in [3.05, 3.63) is 12.5 Å². The molecular formula is C11H18BrN3O2S. The lowest BCUT2D eigenvalue weighted by atomic mass is 10.0. The van der Waals surface area contributed by atoms with E-state index in [9.17, 15) is 8.42 Å². The number of piperidine rings is 1. The molecule has 0 amide bonds. The molecule has 0 saturated carbocycles. The van der Waals surface area contributed by atoms with E-state index in [-0.39, 0.29) is 5.03 Å². The fraction of sp³-hybridized carbons (Fsp3) is 0.727. The maximum atomic E-state index is 12.3. The molecule has 2 heterocycles. The van der Waals surface area contributed by atoms with Gasteiger partial charge in [-0.1, -0.05) is 15.9 Å². The number of rotatable bonds is 4. The van der Waals surface area contributed by atoms with Crippen molar-refractivity contribution in [2.75, 3.05) is 18.4 Å². The van der Waals surface area contributed by atoms with Crippen LogP contribution in [0.1, 0.15) is 19.8 Å². The predicted molar refractivity (Wildman–Crippen MR) is 73.2 cm³/mol. The molecule has 0 N–H and O–H groups in total. The van der Waals surface area contributed by atoms with Crippen molar-refractivity contribution in [2.24, 2.45) is 5.92 Å². The van der Waals surface area contributed by atoms with Crippen LogP contribution in [0.25, 0.3) is 0 Å². The summed E-state index contributed by atoms with van der Waals surface area (Å²) >= 11 is 3.46. The monoisotopic (exact) mass is 335 g/mol. The van der Waals surface area contributed by atoms with Crippen LogP contribution in [-0.4, -0.2) is 40.7 Å². The largest absolute Gasteiger partial charge is 0.336 e. The average molecular weight is 336 g/mol. The summed E-state index contributed by atoms with van der Waals surface area (Å²) in [7, 11) is -3.40. The van der Waals surface area contributed by atoms with Crippen LogP contribution in [0.15, 0.2) is 17.6 Å². The molecule has 0 bridgehead atoms. The molecule has 1 aromatic rings. The Hall–Kier alpha value is -0.400. The van der Waals surface area contributed by atoms with E-state index >= 15 is 0 Å². The lowest BCUT2D eigenvalue weighted by Crippen LogP contribution is -2.38. The van der Waals surface area contributed by atoms with Crippen LogP contribution in [0.3, 0.4) is 0 Å². The van der Waals surface area contributed by atoms with E-state index < -0.39 is 10.0 Å². The molecule has 5 nitrogen and oxygen atoms in total. The Kier molecular flexibility index (Phi) is 4.45. The molecule has 18 heavy (non-hydrogen) atoms. The lowest BCUT2D eigenvalue weighted by Gasteiger charge is -2.29. The zero-order valence-corrected chi connectivity index (χ0v) is 12.8. The van der Waals surface area contributed by atoms with Gasteiger partial charge in [0.1, 0.15) is 0 Å². The molecule has 0 unspecified atom stereocenters. The maximum Gasteiger partial charge on any atom is 0.262 e. The first-order valence-electron chi connectivity index (χ1n) is 6.15. The molecule has 7 heteroatoms. The highest BCUT2D eigenvalue weighted by molar-refractivity contribution is 9.09. The number of hydrogen-bond donors (Lipinski definition) is 0. The number of hydrogen-bond acceptors (Lipinski definition) is 3. The highest BCUT2D eigenvalue weighted by Crippen LogP contribution is 2.23. The second-order valence-corrected chi connectivity index (χ2v) is 7.08. The summed E-state index contributed by atoms with van der Waals surface area (Å²) in [5.74, 6) is 0.588. The van der Waals surface area contributed by atoms with Crippen molar-refractivity contribution in [3.63, 3.8) is 0 Å². The summed E-state index contributed by atoms with van der Waals surface area (Å²) in [6.45, 7) is 3.88. The molecule has 1 fully saturated rings. The van der Waals surface area contributed by atoms with Gasteiger partial charge in [-0.25, -0.2) is 13.4 Å². The zero-order chi connectivity index (χ0) is 13.2. The van der Waals surface area contributed by atoms with E-state index in [2.05, 4.69) is 20.9 Å². The van der Waals surface area contributed by atoms with Gasteiger partial charge in [-0.3, -0.25) is 0 Å². The number of aromatic nitrogens is 2. The van der Waals surface area contributed by atoms with Gasteiger partial charge in [-0.05, 0) is 25.7 Å². The molecule has 1 aliphatic heterocycles. The van der Waals surface area contributed by atoms with Gasteiger partial charge in [0, 0.05) is 31.2 Å². The van der Waals surface area contributed by atoms with Gasteiger partial charge in [0.05, 0.1) is 6.33 Å². The summed E-state index contributed by atoms with van der Waals surface area (Å²) in [6, 6.07) is 0. The van der Waals surface area contributed by atoms with E-state index in [1.807, 2.05) is 6.92 Å². The third kappa shape index (κ3) is 2.78. The molecule has 0 aliphatic carbocycles. The third-order valence-corrected chi connectivity index (χ3v) is 6.07. The van der Waals surface area contributed by atoms with E-state index in [4.69, 9.17) is 0 Å². The molecule has 0 spiro atoms. The second kappa shape index (κ2) is 5.71. The third-order valence-electron chi connectivity index (χ3n) is 3.37. The van der Waals surface area contributed by atoms with Gasteiger partial charge in [0.25, 0.3) is 10.0 Å². The zero-order valence-electron chi connectivity index (χ0n) is 10.4. The van der Waals surface area contributed by atoms with Crippen LogP contribution in [0.2, 0.25) is 0 Å². The Morgan fingerprint density at radius 1 is 1.44 bits per heavy atom. The Morgan fingerprint density at radius 3 is 2.61 bits per heavy atom. The number of alkyl halides is 1. The van der Waals surface area contributed by atoms with Crippen LogP contribution in [0, 0.1) is 5.92 Å². The summed E-state index contributed by atoms with van der Waals surface area (Å²) in [5, 5.41) is 1.12. The van der Waals surface area contributed by atoms with Crippen molar-refractivity contribution < 1.29 is 8.42 Å². The van der Waals surface area contributed by atoms with Gasteiger partial charge in [0.15, 0.2) is 5.03 Å². The number of sulfonamides is 1. The summed E-state index contributed by atoms with van der Waals surface area (Å²) in [4.78, 5) is 4.00. The van der Waals surface area contributed by atoms with Crippen molar-refractivity contribution in [2.45, 2.75) is 31.3 Å². The molecule has 0 atom stereocenters. The Bertz CT molecular complexity index is 492. The topological polar surface area (TPSA) is 55.2 Å². The lowest BCUT2D eigenvalue weighted by molar-refractivity contribution is 0.291. The van der Waals surface area contributed by atoms with E-state index in [1.165, 1.54) is 0 Å². The number of imidazole rings is 1. The Morgan fingerprint density at radius 2 is 2.11 bits per heavy atom. The van der Waals surface area contributed by atoms with Gasteiger partial charge >= 0.3 is 0 Å². The predicted octanol–water partition coefficient (Wildman–Crippen LogP) is 1.70. The van der Waals surface area contributed by atoms with Crippen molar-refractivity contribution in [3.8, 4) is 0 Å². The van der Waals surface area contributed by atoms with Crippen LogP contribution in [-0.2, 0) is 16.6 Å². The van der Waals surface area contributed by atoms with Crippen molar-refractivity contribution in [1.29, 1.82) is 0 Å². The Balaban J connectivity index is 2.12. The summed E-state index contributed by atoms with van der Waals surface area (Å²) in [6.07, 6.45) is 5.00. The van der Waals surface area contributed by atoms with Crippen molar-refractivity contribution >= 4 is 26.0 Å². The minimum Gasteiger partial charge on any atom is -0.336 e. The normalized spacial score (nSPS) is 19.2. The van der Waals surface area contributed by atoms with Crippen molar-refractivity contribution in [1.82, 2.24) is 13.9 Å². The fourth-order valence-corrected chi connectivity index (χ4v) is 4.13. The quantitative estimate of drug-likeness (QED) is 0.787. The van der Waals surface area contributed by atoms with Gasteiger partial charge in [-0.15, -0.1) is 0 Å². The van der Waals surface area contributed by atoms with E-state index in [1.54, 1.807) is 21.4 Å². The molecular weight excluding hydrogens is 318 g/mol. The van der Waals surface area contributed by atoms with Gasteiger partial charge in [-0.2, -0.15) is 4.31 Å². The van der Waals surface area contributed by atoms with Gasteiger partial charge < -0.3 is 4.57 Å². The Labute approximate surface area is 116 Å². The number of nitrogens with zero attached hydrogens (tertiary/aromatic N) is 3. The molecule has 102 valence electrons. The standard InChI is InChI=1S/C11H18BrN3O2S/c1-2-14-8-11(13-9-14)18(16,17)15-5-3-10(7-12)4-6-15/h8-10H,2-7H2,1H3. The molecule has 0 aromatic carbocycles. The van der Waals surface area contributed by atoms with Gasteiger partial charge in [0.2, 0.25) is 0 Å². The molecule has 1 saturated heterocycles. The minimum atomic E-state index is -3.40. The molecule has 2 rings (SSSR count). The SMILES string of the molecule is CCn1cnc(S(=O)(=O)N2CCC(CBr)CC2)c1. The van der Waals surface area contributed by atoms with E-state index in [0.717, 1.165) is 24.7 Å². The molecule has 1 aromatic heterocycles. The average Bonchev–Trinajstić information content (AvgIpc) is 2.88. The van der Waals surface area contributed by atoms with Crippen LogP contribution < -0.4 is 0 Å². The first-order valence-corrected chi connectivity index (χ1v) is 8.72. The molecule has 0 radical (unpaired) electrons. The first kappa shape index (κ1) is 14.0. The minimum absolute atomic E-state index is 0.168. The maximum absolute atomic E-state index is 12.3. The highest BCUT2D eigenvalue weighted by Gasteiger charge is 2.30. The smallest absolute Gasteiger partial charge is 0.262 e. The number of halogens is 1. The molecule has 1 aliphatic rings. The fourth-order valence-electron chi connectivity index (χ4n) is 2.08. The summed E-state index contributed by atoms with van der Waals surface area (Å²) in [5.41, 5.74) is 0. The highest BCUT2D eigenvalue weighted by atomic mass is 79.9. The first-order chi connectivity index (χ1) is 8.57. The second-order valence-electron chi connectivity index (χ2n) is 4.54.